The number of hydrogen-bond acceptors (Lipinski definition) is 4. The molecule has 0 saturated heterocycles. The number of rotatable bonds is 3. The Morgan fingerprint density at radius 3 is 2.35 bits per heavy atom. The van der Waals surface area contributed by atoms with Crippen molar-refractivity contribution in [2.75, 3.05) is 6.26 Å². The maximum atomic E-state index is 11.5. The average molecular weight is 345 g/mol. The molecule has 1 aromatic carbocycles. The molecule has 4 nitrogen and oxygen atoms in total. The standard InChI is InChI=1S/C17H13ClN2O2S/c1-23(21,22)14-6-4-12(5-7-14)15-9-17(20-11-16(15)18)13-3-2-8-19-10-13/h2-11H,1H3. The van der Waals surface area contributed by atoms with Gasteiger partial charge in [-0.3, -0.25) is 9.97 Å². The van der Waals surface area contributed by atoms with Crippen molar-refractivity contribution in [1.29, 1.82) is 0 Å². The quantitative estimate of drug-likeness (QED) is 0.723. The minimum Gasteiger partial charge on any atom is -0.264 e. The zero-order chi connectivity index (χ0) is 16.4. The molecule has 23 heavy (non-hydrogen) atoms. The van der Waals surface area contributed by atoms with Crippen LogP contribution in [0.4, 0.5) is 0 Å². The maximum Gasteiger partial charge on any atom is 0.175 e. The molecule has 0 unspecified atom stereocenters. The Kier molecular flexibility index (Phi) is 4.15. The fraction of sp³-hybridized carbons (Fsp3) is 0.0588. The van der Waals surface area contributed by atoms with E-state index in [0.29, 0.717) is 5.02 Å². The summed E-state index contributed by atoms with van der Waals surface area (Å²) in [4.78, 5) is 8.69. The van der Waals surface area contributed by atoms with Crippen molar-refractivity contribution in [2.45, 2.75) is 4.90 Å². The van der Waals surface area contributed by atoms with Crippen LogP contribution >= 0.6 is 11.6 Å². The summed E-state index contributed by atoms with van der Waals surface area (Å²) in [5.74, 6) is 0. The first-order chi connectivity index (χ1) is 10.9. The molecule has 0 aliphatic carbocycles. The molecule has 0 radical (unpaired) electrons. The molecule has 116 valence electrons. The summed E-state index contributed by atoms with van der Waals surface area (Å²) in [6.07, 6.45) is 6.20. The van der Waals surface area contributed by atoms with Crippen molar-refractivity contribution >= 4 is 21.4 Å². The Bertz CT molecular complexity index is 940. The van der Waals surface area contributed by atoms with E-state index in [1.165, 1.54) is 6.26 Å². The lowest BCUT2D eigenvalue weighted by atomic mass is 10.0. The Labute approximate surface area is 139 Å². The lowest BCUT2D eigenvalue weighted by molar-refractivity contribution is 0.602. The summed E-state index contributed by atoms with van der Waals surface area (Å²) in [6, 6.07) is 12.3. The van der Waals surface area contributed by atoms with Gasteiger partial charge in [-0.05, 0) is 35.9 Å². The maximum absolute atomic E-state index is 11.5. The lowest BCUT2D eigenvalue weighted by Crippen LogP contribution is -1.96. The van der Waals surface area contributed by atoms with E-state index in [9.17, 15) is 8.42 Å². The van der Waals surface area contributed by atoms with Crippen LogP contribution in [0, 0.1) is 0 Å². The average Bonchev–Trinajstić information content (AvgIpc) is 2.55. The van der Waals surface area contributed by atoms with Crippen LogP contribution in [0.25, 0.3) is 22.4 Å². The Morgan fingerprint density at radius 2 is 1.74 bits per heavy atom. The number of halogens is 1. The highest BCUT2D eigenvalue weighted by atomic mass is 35.5. The van der Waals surface area contributed by atoms with E-state index in [2.05, 4.69) is 9.97 Å². The Hall–Kier alpha value is -2.24. The first kappa shape index (κ1) is 15.6. The monoisotopic (exact) mass is 344 g/mol. The summed E-state index contributed by atoms with van der Waals surface area (Å²) in [6.45, 7) is 0. The van der Waals surface area contributed by atoms with Crippen molar-refractivity contribution in [3.63, 3.8) is 0 Å². The molecule has 2 aromatic heterocycles. The van der Waals surface area contributed by atoms with Gasteiger partial charge < -0.3 is 0 Å². The smallest absolute Gasteiger partial charge is 0.175 e. The second-order valence-corrected chi connectivity index (χ2v) is 7.51. The fourth-order valence-electron chi connectivity index (χ4n) is 2.21. The SMILES string of the molecule is CS(=O)(=O)c1ccc(-c2cc(-c3cccnc3)ncc2Cl)cc1. The zero-order valence-electron chi connectivity index (χ0n) is 12.3. The van der Waals surface area contributed by atoms with Crippen LogP contribution in [-0.4, -0.2) is 24.6 Å². The minimum atomic E-state index is -3.22. The first-order valence-electron chi connectivity index (χ1n) is 6.81. The van der Waals surface area contributed by atoms with Crippen molar-refractivity contribution in [3.05, 3.63) is 66.1 Å². The van der Waals surface area contributed by atoms with Gasteiger partial charge in [-0.1, -0.05) is 23.7 Å². The van der Waals surface area contributed by atoms with Crippen LogP contribution in [0.5, 0.6) is 0 Å². The Morgan fingerprint density at radius 1 is 1.00 bits per heavy atom. The van der Waals surface area contributed by atoms with E-state index < -0.39 is 9.84 Å². The van der Waals surface area contributed by atoms with Crippen molar-refractivity contribution in [2.24, 2.45) is 0 Å². The van der Waals surface area contributed by atoms with Crippen LogP contribution in [0.2, 0.25) is 5.02 Å². The molecule has 0 aliphatic rings. The number of aromatic nitrogens is 2. The lowest BCUT2D eigenvalue weighted by Gasteiger charge is -2.08. The summed E-state index contributed by atoms with van der Waals surface area (Å²) in [5.41, 5.74) is 3.26. The van der Waals surface area contributed by atoms with Gasteiger partial charge >= 0.3 is 0 Å². The molecule has 2 heterocycles. The molecule has 0 N–H and O–H groups in total. The van der Waals surface area contributed by atoms with Gasteiger partial charge in [0.2, 0.25) is 0 Å². The van der Waals surface area contributed by atoms with Gasteiger partial charge in [-0.25, -0.2) is 8.42 Å². The Balaban J connectivity index is 2.06. The van der Waals surface area contributed by atoms with Crippen molar-refractivity contribution < 1.29 is 8.42 Å². The van der Waals surface area contributed by atoms with Gasteiger partial charge in [-0.2, -0.15) is 0 Å². The highest BCUT2D eigenvalue weighted by Gasteiger charge is 2.10. The third-order valence-corrected chi connectivity index (χ3v) is 4.84. The molecule has 3 aromatic rings. The normalized spacial score (nSPS) is 11.4. The predicted octanol–water partition coefficient (Wildman–Crippen LogP) is 3.87. The molecular formula is C17H13ClN2O2S. The summed E-state index contributed by atoms with van der Waals surface area (Å²) < 4.78 is 23.1. The van der Waals surface area contributed by atoms with Gasteiger partial charge in [0.15, 0.2) is 9.84 Å². The highest BCUT2D eigenvalue weighted by Crippen LogP contribution is 2.31. The van der Waals surface area contributed by atoms with E-state index in [4.69, 9.17) is 11.6 Å². The fourth-order valence-corrected chi connectivity index (χ4v) is 3.06. The molecule has 3 rings (SSSR count). The van der Waals surface area contributed by atoms with Gasteiger partial charge in [0, 0.05) is 36.0 Å². The predicted molar refractivity (Wildman–Crippen MR) is 91.0 cm³/mol. The molecule has 0 atom stereocenters. The van der Waals surface area contributed by atoms with E-state index >= 15 is 0 Å². The second-order valence-electron chi connectivity index (χ2n) is 5.09. The van der Waals surface area contributed by atoms with Gasteiger partial charge in [-0.15, -0.1) is 0 Å². The molecule has 0 aliphatic heterocycles. The highest BCUT2D eigenvalue weighted by molar-refractivity contribution is 7.90. The van der Waals surface area contributed by atoms with E-state index in [1.807, 2.05) is 18.2 Å². The molecule has 6 heteroatoms. The largest absolute Gasteiger partial charge is 0.264 e. The molecule has 0 saturated carbocycles. The van der Waals surface area contributed by atoms with Crippen LogP contribution < -0.4 is 0 Å². The van der Waals surface area contributed by atoms with Crippen LogP contribution in [-0.2, 0) is 9.84 Å². The number of pyridine rings is 2. The van der Waals surface area contributed by atoms with Gasteiger partial charge in [0.1, 0.15) is 0 Å². The van der Waals surface area contributed by atoms with Crippen molar-refractivity contribution in [3.8, 4) is 22.4 Å². The topological polar surface area (TPSA) is 59.9 Å². The van der Waals surface area contributed by atoms with Gasteiger partial charge in [0.25, 0.3) is 0 Å². The second kappa shape index (κ2) is 6.10. The molecule has 0 amide bonds. The number of benzene rings is 1. The third kappa shape index (κ3) is 3.41. The van der Waals surface area contributed by atoms with Crippen LogP contribution in [0.1, 0.15) is 0 Å². The molecule has 0 spiro atoms. The molecule has 0 fully saturated rings. The summed E-state index contributed by atoms with van der Waals surface area (Å²) >= 11 is 6.25. The number of nitrogens with zero attached hydrogens (tertiary/aromatic N) is 2. The van der Waals surface area contributed by atoms with Crippen LogP contribution in [0.15, 0.2) is 66.0 Å². The van der Waals surface area contributed by atoms with E-state index in [-0.39, 0.29) is 4.90 Å². The first-order valence-corrected chi connectivity index (χ1v) is 9.08. The minimum absolute atomic E-state index is 0.277. The molecule has 0 bridgehead atoms. The van der Waals surface area contributed by atoms with Crippen molar-refractivity contribution in [1.82, 2.24) is 9.97 Å². The molecular weight excluding hydrogens is 332 g/mol. The zero-order valence-corrected chi connectivity index (χ0v) is 13.8. The number of sulfone groups is 1. The summed E-state index contributed by atoms with van der Waals surface area (Å²) in [7, 11) is -3.22. The van der Waals surface area contributed by atoms with E-state index in [1.54, 1.807) is 42.9 Å². The van der Waals surface area contributed by atoms with Crippen LogP contribution in [0.3, 0.4) is 0 Å². The third-order valence-electron chi connectivity index (χ3n) is 3.41. The summed E-state index contributed by atoms with van der Waals surface area (Å²) in [5, 5.41) is 0.504. The van der Waals surface area contributed by atoms with E-state index in [0.717, 1.165) is 22.4 Å². The van der Waals surface area contributed by atoms with Gasteiger partial charge in [0.05, 0.1) is 15.6 Å². The number of hydrogen-bond donors (Lipinski definition) is 0.